The van der Waals surface area contributed by atoms with Crippen LogP contribution in [0.25, 0.3) is 0 Å². The van der Waals surface area contributed by atoms with E-state index in [9.17, 15) is 0 Å². The molecule has 4 heteroatoms. The number of para-hydroxylation sites is 1. The van der Waals surface area contributed by atoms with Gasteiger partial charge in [-0.15, -0.1) is 0 Å². The van der Waals surface area contributed by atoms with Crippen molar-refractivity contribution in [1.82, 2.24) is 10.9 Å². The van der Waals surface area contributed by atoms with Crippen LogP contribution < -0.4 is 16.6 Å². The van der Waals surface area contributed by atoms with Crippen molar-refractivity contribution in [1.29, 1.82) is 0 Å². The van der Waals surface area contributed by atoms with Crippen LogP contribution in [-0.2, 0) is 0 Å². The van der Waals surface area contributed by atoms with Crippen molar-refractivity contribution in [3.8, 4) is 0 Å². The molecule has 0 saturated heterocycles. The molecule has 1 saturated carbocycles. The maximum absolute atomic E-state index is 5.80. The molecule has 92 valence electrons. The van der Waals surface area contributed by atoms with Gasteiger partial charge in [-0.1, -0.05) is 37.5 Å². The molecule has 1 aliphatic carbocycles. The number of benzene rings is 1. The predicted octanol–water partition coefficient (Wildman–Crippen LogP) is 2.06. The normalized spacial score (nSPS) is 18.0. The summed E-state index contributed by atoms with van der Waals surface area (Å²) in [6, 6.07) is 10.2. The molecule has 0 bridgehead atoms. The molecule has 1 aromatic rings. The monoisotopic (exact) mass is 232 g/mol. The van der Waals surface area contributed by atoms with Gasteiger partial charge >= 0.3 is 0 Å². The number of nitrogens with two attached hydrogens (primary N) is 1. The van der Waals surface area contributed by atoms with E-state index in [0.29, 0.717) is 12.0 Å². The number of nitrogens with zero attached hydrogens (tertiary/aromatic N) is 1. The highest BCUT2D eigenvalue weighted by Crippen LogP contribution is 2.16. The Morgan fingerprint density at radius 2 is 1.82 bits per heavy atom. The van der Waals surface area contributed by atoms with Crippen LogP contribution in [0.2, 0.25) is 0 Å². The maximum atomic E-state index is 5.80. The third-order valence-electron chi connectivity index (χ3n) is 3.02. The van der Waals surface area contributed by atoms with Crippen LogP contribution in [-0.4, -0.2) is 12.0 Å². The van der Waals surface area contributed by atoms with Crippen LogP contribution in [0.3, 0.4) is 0 Å². The largest absolute Gasteiger partial charge is 0.369 e. The van der Waals surface area contributed by atoms with E-state index in [1.54, 1.807) is 0 Å². The molecular formula is C13H20N4. The van der Waals surface area contributed by atoms with E-state index in [1.165, 1.54) is 32.1 Å². The lowest BCUT2D eigenvalue weighted by Gasteiger charge is -2.23. The standard InChI is InChI=1S/C13H20N4/c14-13(15-11-7-3-1-4-8-11)17-16-12-9-5-2-6-10-12/h1,3-4,7-8,12,16H,2,5-6,9-10H2,(H3,14,15,17). The Kier molecular flexibility index (Phi) is 4.38. The lowest BCUT2D eigenvalue weighted by Crippen LogP contribution is -2.48. The first-order chi connectivity index (χ1) is 8.34. The van der Waals surface area contributed by atoms with Crippen LogP contribution in [0.5, 0.6) is 0 Å². The minimum absolute atomic E-state index is 0.418. The predicted molar refractivity (Wildman–Crippen MR) is 70.9 cm³/mol. The molecule has 0 aliphatic heterocycles. The Morgan fingerprint density at radius 1 is 1.12 bits per heavy atom. The van der Waals surface area contributed by atoms with Gasteiger partial charge in [0.2, 0.25) is 5.96 Å². The van der Waals surface area contributed by atoms with E-state index in [4.69, 9.17) is 5.73 Å². The first-order valence-electron chi connectivity index (χ1n) is 6.25. The second-order valence-corrected chi connectivity index (χ2v) is 4.44. The molecule has 0 unspecified atom stereocenters. The first kappa shape index (κ1) is 11.9. The van der Waals surface area contributed by atoms with Gasteiger partial charge in [0.05, 0.1) is 5.69 Å². The summed E-state index contributed by atoms with van der Waals surface area (Å²) in [6.07, 6.45) is 6.38. The molecule has 1 aromatic carbocycles. The average Bonchev–Trinajstić information content (AvgIpc) is 2.39. The van der Waals surface area contributed by atoms with Gasteiger partial charge in [-0.05, 0) is 25.0 Å². The number of rotatable bonds is 3. The minimum Gasteiger partial charge on any atom is -0.369 e. The Labute approximate surface area is 102 Å². The topological polar surface area (TPSA) is 62.4 Å². The Balaban J connectivity index is 1.80. The number of hydrazine groups is 1. The van der Waals surface area contributed by atoms with Crippen LogP contribution >= 0.6 is 0 Å². The molecule has 17 heavy (non-hydrogen) atoms. The molecule has 4 nitrogen and oxygen atoms in total. The fourth-order valence-corrected chi connectivity index (χ4v) is 2.09. The van der Waals surface area contributed by atoms with Crippen molar-refractivity contribution in [2.24, 2.45) is 10.7 Å². The number of hydrogen-bond acceptors (Lipinski definition) is 2. The van der Waals surface area contributed by atoms with Gasteiger partial charge in [-0.2, -0.15) is 0 Å². The summed E-state index contributed by atoms with van der Waals surface area (Å²) in [5, 5.41) is 0. The van der Waals surface area contributed by atoms with Crippen molar-refractivity contribution in [3.63, 3.8) is 0 Å². The summed E-state index contributed by atoms with van der Waals surface area (Å²) in [5.41, 5.74) is 12.9. The fraction of sp³-hybridized carbons (Fsp3) is 0.462. The lowest BCUT2D eigenvalue weighted by atomic mass is 9.96. The van der Waals surface area contributed by atoms with E-state index in [1.807, 2.05) is 30.3 Å². The van der Waals surface area contributed by atoms with Gasteiger partial charge in [0.25, 0.3) is 0 Å². The highest BCUT2D eigenvalue weighted by molar-refractivity contribution is 5.80. The molecule has 0 radical (unpaired) electrons. The first-order valence-corrected chi connectivity index (χ1v) is 6.25. The van der Waals surface area contributed by atoms with E-state index >= 15 is 0 Å². The highest BCUT2D eigenvalue weighted by Gasteiger charge is 2.12. The van der Waals surface area contributed by atoms with Gasteiger partial charge in [0, 0.05) is 6.04 Å². The molecule has 2 rings (SSSR count). The quantitative estimate of drug-likeness (QED) is 0.424. The second-order valence-electron chi connectivity index (χ2n) is 4.44. The van der Waals surface area contributed by atoms with Crippen molar-refractivity contribution >= 4 is 11.6 Å². The van der Waals surface area contributed by atoms with Gasteiger partial charge < -0.3 is 5.73 Å². The van der Waals surface area contributed by atoms with Crippen molar-refractivity contribution in [2.45, 2.75) is 38.1 Å². The van der Waals surface area contributed by atoms with Crippen LogP contribution in [0.4, 0.5) is 5.69 Å². The highest BCUT2D eigenvalue weighted by atomic mass is 15.4. The Hall–Kier alpha value is -1.55. The SMILES string of the molecule is NC(=Nc1ccccc1)NNC1CCCCC1. The second kappa shape index (κ2) is 6.25. The Bertz CT molecular complexity index is 355. The molecule has 1 fully saturated rings. The average molecular weight is 232 g/mol. The zero-order valence-electron chi connectivity index (χ0n) is 10.0. The number of nitrogens with one attached hydrogen (secondary N) is 2. The zero-order chi connectivity index (χ0) is 11.9. The van der Waals surface area contributed by atoms with Gasteiger partial charge in [-0.3, -0.25) is 5.43 Å². The lowest BCUT2D eigenvalue weighted by molar-refractivity contribution is 0.360. The van der Waals surface area contributed by atoms with E-state index < -0.39 is 0 Å². The molecule has 1 aliphatic rings. The number of guanidine groups is 1. The van der Waals surface area contributed by atoms with Crippen LogP contribution in [0.1, 0.15) is 32.1 Å². The summed E-state index contributed by atoms with van der Waals surface area (Å²) < 4.78 is 0. The zero-order valence-corrected chi connectivity index (χ0v) is 10.0. The molecule has 0 spiro atoms. The third kappa shape index (κ3) is 4.07. The summed E-state index contributed by atoms with van der Waals surface area (Å²) in [4.78, 5) is 4.26. The van der Waals surface area contributed by atoms with Crippen LogP contribution in [0, 0.1) is 0 Å². The molecular weight excluding hydrogens is 212 g/mol. The van der Waals surface area contributed by atoms with E-state index in [0.717, 1.165) is 5.69 Å². The molecule has 0 aromatic heterocycles. The van der Waals surface area contributed by atoms with E-state index in [2.05, 4.69) is 15.8 Å². The number of aliphatic imine (C=N–C) groups is 1. The molecule has 0 atom stereocenters. The van der Waals surface area contributed by atoms with Gasteiger partial charge in [-0.25, -0.2) is 10.4 Å². The maximum Gasteiger partial charge on any atom is 0.208 e. The molecule has 4 N–H and O–H groups in total. The minimum atomic E-state index is 0.418. The summed E-state index contributed by atoms with van der Waals surface area (Å²) in [5.74, 6) is 0.418. The Morgan fingerprint density at radius 3 is 2.53 bits per heavy atom. The van der Waals surface area contributed by atoms with E-state index in [-0.39, 0.29) is 0 Å². The fourth-order valence-electron chi connectivity index (χ4n) is 2.09. The summed E-state index contributed by atoms with van der Waals surface area (Å²) in [6.45, 7) is 0. The van der Waals surface area contributed by atoms with Gasteiger partial charge in [0.1, 0.15) is 0 Å². The number of hydrogen-bond donors (Lipinski definition) is 3. The summed E-state index contributed by atoms with van der Waals surface area (Å²) >= 11 is 0. The van der Waals surface area contributed by atoms with Gasteiger partial charge in [0.15, 0.2) is 0 Å². The van der Waals surface area contributed by atoms with Crippen molar-refractivity contribution in [3.05, 3.63) is 30.3 Å². The molecule has 0 amide bonds. The van der Waals surface area contributed by atoms with Crippen molar-refractivity contribution in [2.75, 3.05) is 0 Å². The smallest absolute Gasteiger partial charge is 0.208 e. The van der Waals surface area contributed by atoms with Crippen molar-refractivity contribution < 1.29 is 0 Å². The third-order valence-corrected chi connectivity index (χ3v) is 3.02. The van der Waals surface area contributed by atoms with Crippen LogP contribution in [0.15, 0.2) is 35.3 Å². The molecule has 0 heterocycles. The summed E-state index contributed by atoms with van der Waals surface area (Å²) in [7, 11) is 0.